The molecule has 1 heterocycles. The fraction of sp³-hybridized carbons (Fsp3) is 0.381. The maximum Gasteiger partial charge on any atom is 0.255 e. The lowest BCUT2D eigenvalue weighted by Crippen LogP contribution is -2.46. The van der Waals surface area contributed by atoms with Gasteiger partial charge in [-0.05, 0) is 55.4 Å². The number of nitrogens with zero attached hydrogens (tertiary/aromatic N) is 2. The van der Waals surface area contributed by atoms with Gasteiger partial charge in [-0.15, -0.1) is 0 Å². The van der Waals surface area contributed by atoms with Crippen molar-refractivity contribution < 1.29 is 13.9 Å². The van der Waals surface area contributed by atoms with Crippen LogP contribution < -0.4 is 15.0 Å². The highest BCUT2D eigenvalue weighted by molar-refractivity contribution is 6.04. The molecule has 0 aliphatic carbocycles. The summed E-state index contributed by atoms with van der Waals surface area (Å²) < 4.78 is 18.7. The van der Waals surface area contributed by atoms with E-state index < -0.39 is 5.82 Å². The predicted octanol–water partition coefficient (Wildman–Crippen LogP) is 3.54. The zero-order valence-electron chi connectivity index (χ0n) is 16.1. The summed E-state index contributed by atoms with van der Waals surface area (Å²) in [4.78, 5) is 17.2. The third kappa shape index (κ3) is 4.39. The van der Waals surface area contributed by atoms with Gasteiger partial charge in [0.25, 0.3) is 5.91 Å². The van der Waals surface area contributed by atoms with E-state index in [1.807, 2.05) is 25.1 Å². The number of aryl methyl sites for hydroxylation is 1. The van der Waals surface area contributed by atoms with Gasteiger partial charge in [-0.25, -0.2) is 4.39 Å². The molecule has 0 atom stereocenters. The standard InChI is InChI=1S/C21H26FN3O2/c1-4-24-9-11-25(12-10-24)19-7-6-17(13-15(19)2)23-21(26)16-5-8-20(27-3)18(22)14-16/h5-8,13-14H,4,9-12H2,1-3H3,(H,23,26). The minimum Gasteiger partial charge on any atom is -0.494 e. The van der Waals surface area contributed by atoms with Crippen molar-refractivity contribution >= 4 is 17.3 Å². The summed E-state index contributed by atoms with van der Waals surface area (Å²) >= 11 is 0. The summed E-state index contributed by atoms with van der Waals surface area (Å²) in [6, 6.07) is 10.1. The summed E-state index contributed by atoms with van der Waals surface area (Å²) in [5, 5.41) is 2.84. The van der Waals surface area contributed by atoms with Crippen LogP contribution >= 0.6 is 0 Å². The van der Waals surface area contributed by atoms with Crippen molar-refractivity contribution in [2.24, 2.45) is 0 Å². The normalized spacial score (nSPS) is 14.9. The Bertz CT molecular complexity index is 817. The van der Waals surface area contributed by atoms with E-state index in [0.717, 1.165) is 38.3 Å². The molecular weight excluding hydrogens is 345 g/mol. The van der Waals surface area contributed by atoms with E-state index in [4.69, 9.17) is 4.74 Å². The molecule has 2 aromatic carbocycles. The molecule has 144 valence electrons. The molecule has 0 bridgehead atoms. The molecule has 1 saturated heterocycles. The largest absolute Gasteiger partial charge is 0.494 e. The van der Waals surface area contributed by atoms with Crippen molar-refractivity contribution in [1.29, 1.82) is 0 Å². The monoisotopic (exact) mass is 371 g/mol. The first-order chi connectivity index (χ1) is 13.0. The predicted molar refractivity (Wildman–Crippen MR) is 106 cm³/mol. The third-order valence-electron chi connectivity index (χ3n) is 5.03. The number of rotatable bonds is 5. The zero-order valence-corrected chi connectivity index (χ0v) is 16.1. The van der Waals surface area contributed by atoms with Gasteiger partial charge in [0.1, 0.15) is 0 Å². The number of carbonyl (C=O) groups excluding carboxylic acids is 1. The molecule has 1 aliphatic rings. The third-order valence-corrected chi connectivity index (χ3v) is 5.03. The Kier molecular flexibility index (Phi) is 5.96. The number of hydrogen-bond donors (Lipinski definition) is 1. The van der Waals surface area contributed by atoms with E-state index >= 15 is 0 Å². The number of piperazine rings is 1. The first-order valence-corrected chi connectivity index (χ1v) is 9.24. The van der Waals surface area contributed by atoms with Gasteiger partial charge in [0.05, 0.1) is 7.11 Å². The number of methoxy groups -OCH3 is 1. The Labute approximate surface area is 159 Å². The maximum absolute atomic E-state index is 13.8. The van der Waals surface area contributed by atoms with Crippen molar-refractivity contribution in [2.75, 3.05) is 50.1 Å². The number of nitrogens with one attached hydrogen (secondary N) is 1. The Balaban J connectivity index is 1.68. The molecule has 1 fully saturated rings. The minimum atomic E-state index is -0.553. The Morgan fingerprint density at radius 2 is 1.89 bits per heavy atom. The van der Waals surface area contributed by atoms with E-state index in [1.54, 1.807) is 6.07 Å². The second kappa shape index (κ2) is 8.39. The number of likely N-dealkylation sites (N-methyl/N-ethyl adjacent to an activating group) is 1. The van der Waals surface area contributed by atoms with Gasteiger partial charge >= 0.3 is 0 Å². The van der Waals surface area contributed by atoms with Gasteiger partial charge in [-0.1, -0.05) is 6.92 Å². The summed E-state index contributed by atoms with van der Waals surface area (Å²) in [7, 11) is 1.39. The molecule has 6 heteroatoms. The van der Waals surface area contributed by atoms with Crippen LogP contribution in [0.4, 0.5) is 15.8 Å². The topological polar surface area (TPSA) is 44.8 Å². The van der Waals surface area contributed by atoms with Crippen LogP contribution in [0, 0.1) is 12.7 Å². The molecule has 27 heavy (non-hydrogen) atoms. The highest BCUT2D eigenvalue weighted by Gasteiger charge is 2.18. The number of anilines is 2. The Morgan fingerprint density at radius 1 is 1.15 bits per heavy atom. The molecule has 0 saturated carbocycles. The summed E-state index contributed by atoms with van der Waals surface area (Å²) in [5.41, 5.74) is 3.26. The van der Waals surface area contributed by atoms with Gasteiger partial charge in [0.2, 0.25) is 0 Å². The smallest absolute Gasteiger partial charge is 0.255 e. The Morgan fingerprint density at radius 3 is 2.48 bits per heavy atom. The van der Waals surface area contributed by atoms with Gasteiger partial charge in [0.15, 0.2) is 11.6 Å². The van der Waals surface area contributed by atoms with Crippen molar-refractivity contribution in [2.45, 2.75) is 13.8 Å². The quantitative estimate of drug-likeness (QED) is 0.873. The molecular formula is C21H26FN3O2. The Hall–Kier alpha value is -2.60. The van der Waals surface area contributed by atoms with E-state index in [0.29, 0.717) is 5.69 Å². The number of carbonyl (C=O) groups is 1. The highest BCUT2D eigenvalue weighted by Crippen LogP contribution is 2.25. The summed E-state index contributed by atoms with van der Waals surface area (Å²) in [5.74, 6) is -0.780. The van der Waals surface area contributed by atoms with E-state index in [1.165, 1.54) is 24.9 Å². The molecule has 3 rings (SSSR count). The molecule has 0 spiro atoms. The number of halogens is 1. The fourth-order valence-corrected chi connectivity index (χ4v) is 3.40. The van der Waals surface area contributed by atoms with Crippen LogP contribution in [0.5, 0.6) is 5.75 Å². The van der Waals surface area contributed by atoms with Crippen molar-refractivity contribution in [3.63, 3.8) is 0 Å². The lowest BCUT2D eigenvalue weighted by Gasteiger charge is -2.36. The van der Waals surface area contributed by atoms with Crippen LogP contribution in [0.25, 0.3) is 0 Å². The number of ether oxygens (including phenoxy) is 1. The maximum atomic E-state index is 13.8. The lowest BCUT2D eigenvalue weighted by atomic mass is 10.1. The van der Waals surface area contributed by atoms with Crippen LogP contribution in [0.3, 0.4) is 0 Å². The average molecular weight is 371 g/mol. The molecule has 0 unspecified atom stereocenters. The van der Waals surface area contributed by atoms with Gasteiger partial charge < -0.3 is 19.9 Å². The van der Waals surface area contributed by atoms with Crippen LogP contribution in [0.1, 0.15) is 22.8 Å². The summed E-state index contributed by atoms with van der Waals surface area (Å²) in [6.07, 6.45) is 0. The van der Waals surface area contributed by atoms with Crippen molar-refractivity contribution in [3.8, 4) is 5.75 Å². The van der Waals surface area contributed by atoms with Crippen LogP contribution in [0.2, 0.25) is 0 Å². The first kappa shape index (κ1) is 19.2. The number of hydrogen-bond acceptors (Lipinski definition) is 4. The first-order valence-electron chi connectivity index (χ1n) is 9.24. The summed E-state index contributed by atoms with van der Waals surface area (Å²) in [6.45, 7) is 9.47. The van der Waals surface area contributed by atoms with Gasteiger partial charge in [-0.3, -0.25) is 4.79 Å². The van der Waals surface area contributed by atoms with Gasteiger partial charge in [0, 0.05) is 43.1 Å². The SMILES string of the molecule is CCN1CCN(c2ccc(NC(=O)c3ccc(OC)c(F)c3)cc2C)CC1. The number of amides is 1. The molecule has 5 nitrogen and oxygen atoms in total. The highest BCUT2D eigenvalue weighted by atomic mass is 19.1. The van der Waals surface area contributed by atoms with Crippen LogP contribution in [-0.4, -0.2) is 50.6 Å². The van der Waals surface area contributed by atoms with Crippen molar-refractivity contribution in [3.05, 3.63) is 53.3 Å². The zero-order chi connectivity index (χ0) is 19.4. The molecule has 0 aromatic heterocycles. The van der Waals surface area contributed by atoms with Crippen molar-refractivity contribution in [1.82, 2.24) is 4.90 Å². The molecule has 2 aromatic rings. The number of benzene rings is 2. The molecule has 0 radical (unpaired) electrons. The minimum absolute atomic E-state index is 0.120. The molecule has 1 N–H and O–H groups in total. The lowest BCUT2D eigenvalue weighted by molar-refractivity contribution is 0.102. The van der Waals surface area contributed by atoms with E-state index in [-0.39, 0.29) is 17.2 Å². The second-order valence-corrected chi connectivity index (χ2v) is 6.73. The van der Waals surface area contributed by atoms with Crippen LogP contribution in [0.15, 0.2) is 36.4 Å². The van der Waals surface area contributed by atoms with E-state index in [2.05, 4.69) is 22.0 Å². The fourth-order valence-electron chi connectivity index (χ4n) is 3.40. The average Bonchev–Trinajstić information content (AvgIpc) is 2.68. The molecule has 1 aliphatic heterocycles. The van der Waals surface area contributed by atoms with Crippen LogP contribution in [-0.2, 0) is 0 Å². The molecule has 1 amide bonds. The van der Waals surface area contributed by atoms with Gasteiger partial charge in [-0.2, -0.15) is 0 Å². The second-order valence-electron chi connectivity index (χ2n) is 6.73. The van der Waals surface area contributed by atoms with E-state index in [9.17, 15) is 9.18 Å².